The average Bonchev–Trinajstić information content (AvgIpc) is 2.14. The third kappa shape index (κ3) is 2.97. The minimum absolute atomic E-state index is 0.0126. The van der Waals surface area contributed by atoms with E-state index in [2.05, 4.69) is 4.98 Å². The van der Waals surface area contributed by atoms with E-state index in [9.17, 15) is 8.42 Å². The average molecular weight is 216 g/mol. The number of pyridine rings is 1. The number of hydrogen-bond donors (Lipinski definition) is 1. The molecule has 1 rings (SSSR count). The lowest BCUT2D eigenvalue weighted by molar-refractivity contribution is 0.305. The molecule has 0 spiro atoms. The molecule has 0 aromatic carbocycles. The van der Waals surface area contributed by atoms with Gasteiger partial charge in [-0.25, -0.2) is 18.5 Å². The maximum absolute atomic E-state index is 10.9. The Balaban J connectivity index is 2.79. The van der Waals surface area contributed by atoms with Crippen LogP contribution in [0, 0.1) is 0 Å². The molecule has 0 radical (unpaired) electrons. The van der Waals surface area contributed by atoms with E-state index < -0.39 is 10.0 Å². The van der Waals surface area contributed by atoms with Crippen molar-refractivity contribution in [2.75, 3.05) is 6.61 Å². The lowest BCUT2D eigenvalue weighted by Crippen LogP contribution is -2.12. The first-order chi connectivity index (χ1) is 6.54. The third-order valence-corrected chi connectivity index (χ3v) is 2.39. The van der Waals surface area contributed by atoms with Gasteiger partial charge in [-0.3, -0.25) is 0 Å². The molecule has 0 fully saturated rings. The molecule has 0 atom stereocenters. The predicted molar refractivity (Wildman–Crippen MR) is 51.4 cm³/mol. The Morgan fingerprint density at radius 3 is 2.64 bits per heavy atom. The Labute approximate surface area is 83.0 Å². The lowest BCUT2D eigenvalue weighted by atomic mass is 10.5. The first kappa shape index (κ1) is 10.9. The van der Waals surface area contributed by atoms with Gasteiger partial charge >= 0.3 is 0 Å². The molecule has 0 unspecified atom stereocenters. The maximum atomic E-state index is 10.9. The van der Waals surface area contributed by atoms with Gasteiger partial charge in [-0.05, 0) is 12.5 Å². The van der Waals surface area contributed by atoms with Gasteiger partial charge in [-0.1, -0.05) is 6.92 Å². The molecule has 0 amide bonds. The van der Waals surface area contributed by atoms with Crippen LogP contribution in [0.2, 0.25) is 0 Å². The summed E-state index contributed by atoms with van der Waals surface area (Å²) in [6.07, 6.45) is 2.05. The van der Waals surface area contributed by atoms with Crippen molar-refractivity contribution in [3.63, 3.8) is 0 Å². The van der Waals surface area contributed by atoms with Crippen molar-refractivity contribution in [1.29, 1.82) is 0 Å². The number of ether oxygens (including phenoxy) is 1. The number of nitrogens with two attached hydrogens (primary N) is 1. The number of rotatable bonds is 4. The second-order valence-electron chi connectivity index (χ2n) is 2.73. The highest BCUT2D eigenvalue weighted by Gasteiger charge is 2.07. The molecule has 5 nitrogen and oxygen atoms in total. The normalized spacial score (nSPS) is 11.3. The van der Waals surface area contributed by atoms with E-state index in [0.717, 1.165) is 6.42 Å². The van der Waals surface area contributed by atoms with Crippen molar-refractivity contribution >= 4 is 10.0 Å². The van der Waals surface area contributed by atoms with Gasteiger partial charge in [0.05, 0.1) is 12.8 Å². The molecule has 0 saturated heterocycles. The van der Waals surface area contributed by atoms with Crippen LogP contribution in [0.5, 0.6) is 5.88 Å². The van der Waals surface area contributed by atoms with Crippen LogP contribution in [0.15, 0.2) is 23.2 Å². The summed E-state index contributed by atoms with van der Waals surface area (Å²) in [6.45, 7) is 2.53. The third-order valence-electron chi connectivity index (χ3n) is 1.49. The van der Waals surface area contributed by atoms with E-state index in [4.69, 9.17) is 9.88 Å². The largest absolute Gasteiger partial charge is 0.478 e. The highest BCUT2D eigenvalue weighted by atomic mass is 32.2. The molecular formula is C8H12N2O3S. The smallest absolute Gasteiger partial charge is 0.239 e. The summed E-state index contributed by atoms with van der Waals surface area (Å²) >= 11 is 0. The molecule has 0 aliphatic rings. The van der Waals surface area contributed by atoms with Gasteiger partial charge in [-0.15, -0.1) is 0 Å². The Morgan fingerprint density at radius 2 is 2.21 bits per heavy atom. The molecule has 2 N–H and O–H groups in total. The van der Waals surface area contributed by atoms with Crippen molar-refractivity contribution in [3.8, 4) is 5.88 Å². The Bertz CT molecular complexity index is 386. The van der Waals surface area contributed by atoms with Crippen molar-refractivity contribution in [3.05, 3.63) is 18.3 Å². The monoisotopic (exact) mass is 216 g/mol. The number of aromatic nitrogens is 1. The van der Waals surface area contributed by atoms with E-state index >= 15 is 0 Å². The van der Waals surface area contributed by atoms with E-state index in [1.54, 1.807) is 0 Å². The highest BCUT2D eigenvalue weighted by Crippen LogP contribution is 2.10. The zero-order chi connectivity index (χ0) is 10.6. The molecular weight excluding hydrogens is 204 g/mol. The summed E-state index contributed by atoms with van der Waals surface area (Å²) in [6, 6.07) is 2.85. The second-order valence-corrected chi connectivity index (χ2v) is 4.29. The van der Waals surface area contributed by atoms with Gasteiger partial charge in [0.1, 0.15) is 4.90 Å². The van der Waals surface area contributed by atoms with Crippen molar-refractivity contribution in [2.24, 2.45) is 5.14 Å². The zero-order valence-electron chi connectivity index (χ0n) is 7.80. The van der Waals surface area contributed by atoms with Crippen molar-refractivity contribution in [1.82, 2.24) is 4.98 Å². The van der Waals surface area contributed by atoms with E-state index in [0.29, 0.717) is 12.5 Å². The quantitative estimate of drug-likeness (QED) is 0.795. The molecule has 0 aliphatic carbocycles. The minimum atomic E-state index is -3.66. The van der Waals surface area contributed by atoms with Crippen molar-refractivity contribution in [2.45, 2.75) is 18.2 Å². The predicted octanol–water partition coefficient (Wildman–Crippen LogP) is 0.518. The summed E-state index contributed by atoms with van der Waals surface area (Å²) in [5, 5.41) is 4.90. The number of primary sulfonamides is 1. The minimum Gasteiger partial charge on any atom is -0.478 e. The molecule has 0 aliphatic heterocycles. The first-order valence-electron chi connectivity index (χ1n) is 4.15. The van der Waals surface area contributed by atoms with E-state index in [-0.39, 0.29) is 4.90 Å². The van der Waals surface area contributed by atoms with Crippen LogP contribution >= 0.6 is 0 Å². The number of hydrogen-bond acceptors (Lipinski definition) is 4. The lowest BCUT2D eigenvalue weighted by Gasteiger charge is -2.03. The summed E-state index contributed by atoms with van der Waals surface area (Å²) in [5.41, 5.74) is 0. The van der Waals surface area contributed by atoms with Gasteiger partial charge < -0.3 is 4.74 Å². The molecule has 6 heteroatoms. The number of nitrogens with zero attached hydrogens (tertiary/aromatic N) is 1. The zero-order valence-corrected chi connectivity index (χ0v) is 8.62. The Morgan fingerprint density at radius 1 is 1.50 bits per heavy atom. The van der Waals surface area contributed by atoms with E-state index in [1.165, 1.54) is 18.3 Å². The van der Waals surface area contributed by atoms with Crippen molar-refractivity contribution < 1.29 is 13.2 Å². The second kappa shape index (κ2) is 4.39. The van der Waals surface area contributed by atoms with E-state index in [1.807, 2.05) is 6.92 Å². The van der Waals surface area contributed by atoms with Crippen LogP contribution in [0.4, 0.5) is 0 Å². The maximum Gasteiger partial charge on any atom is 0.239 e. The fourth-order valence-electron chi connectivity index (χ4n) is 0.827. The Hall–Kier alpha value is -1.14. The van der Waals surface area contributed by atoms with Crippen LogP contribution in [-0.2, 0) is 10.0 Å². The van der Waals surface area contributed by atoms with Crippen LogP contribution in [0.3, 0.4) is 0 Å². The first-order valence-corrected chi connectivity index (χ1v) is 5.70. The summed E-state index contributed by atoms with van der Waals surface area (Å²) in [5.74, 6) is 0.402. The van der Waals surface area contributed by atoms with Crippen LogP contribution in [0.25, 0.3) is 0 Å². The molecule has 1 aromatic rings. The molecule has 0 saturated carbocycles. The SMILES string of the molecule is CCCOc1ccc(S(N)(=O)=O)cn1. The standard InChI is InChI=1S/C8H12N2O3S/c1-2-5-13-8-4-3-7(6-10-8)14(9,11)12/h3-4,6H,2,5H2,1H3,(H2,9,11,12). The summed E-state index contributed by atoms with van der Waals surface area (Å²) in [7, 11) is -3.66. The Kier molecular flexibility index (Phi) is 3.43. The fraction of sp³-hybridized carbons (Fsp3) is 0.375. The van der Waals surface area contributed by atoms with Crippen LogP contribution in [0.1, 0.15) is 13.3 Å². The summed E-state index contributed by atoms with van der Waals surface area (Å²) < 4.78 is 26.9. The molecule has 1 heterocycles. The van der Waals surface area contributed by atoms with Gasteiger partial charge in [0.2, 0.25) is 15.9 Å². The van der Waals surface area contributed by atoms with Gasteiger partial charge in [0.25, 0.3) is 0 Å². The van der Waals surface area contributed by atoms with Gasteiger partial charge in [0.15, 0.2) is 0 Å². The number of sulfonamides is 1. The summed E-state index contributed by atoms with van der Waals surface area (Å²) in [4.78, 5) is 3.79. The van der Waals surface area contributed by atoms with Crippen LogP contribution < -0.4 is 9.88 Å². The van der Waals surface area contributed by atoms with Gasteiger partial charge in [-0.2, -0.15) is 0 Å². The highest BCUT2D eigenvalue weighted by molar-refractivity contribution is 7.89. The van der Waals surface area contributed by atoms with Gasteiger partial charge in [0, 0.05) is 6.07 Å². The van der Waals surface area contributed by atoms with Crippen LogP contribution in [-0.4, -0.2) is 20.0 Å². The molecule has 0 bridgehead atoms. The fourth-order valence-corrected chi connectivity index (χ4v) is 1.28. The topological polar surface area (TPSA) is 82.3 Å². The molecule has 14 heavy (non-hydrogen) atoms. The molecule has 1 aromatic heterocycles. The molecule has 78 valence electrons.